The number of hydrogen-bond acceptors (Lipinski definition) is 4. The predicted octanol–water partition coefficient (Wildman–Crippen LogP) is 1.85. The van der Waals surface area contributed by atoms with Gasteiger partial charge in [0.2, 0.25) is 5.91 Å². The largest absolute Gasteiger partial charge is 0.352 e. The van der Waals surface area contributed by atoms with Crippen molar-refractivity contribution in [2.75, 3.05) is 13.1 Å². The molecule has 1 saturated heterocycles. The maximum absolute atomic E-state index is 12.4. The number of hydrogen-bond donors (Lipinski definition) is 1. The summed E-state index contributed by atoms with van der Waals surface area (Å²) in [6.07, 6.45) is 9.39. The third-order valence-electron chi connectivity index (χ3n) is 5.81. The first-order chi connectivity index (χ1) is 11.7. The van der Waals surface area contributed by atoms with Gasteiger partial charge in [0.15, 0.2) is 0 Å². The third kappa shape index (κ3) is 3.34. The fourth-order valence-corrected chi connectivity index (χ4v) is 4.09. The van der Waals surface area contributed by atoms with E-state index in [0.29, 0.717) is 12.0 Å². The Morgan fingerprint density at radius 2 is 2.00 bits per heavy atom. The van der Waals surface area contributed by atoms with Gasteiger partial charge in [0.25, 0.3) is 0 Å². The van der Waals surface area contributed by atoms with E-state index in [2.05, 4.69) is 25.0 Å². The number of rotatable bonds is 4. The first kappa shape index (κ1) is 16.1. The van der Waals surface area contributed by atoms with Gasteiger partial charge in [-0.1, -0.05) is 6.42 Å². The van der Waals surface area contributed by atoms with Gasteiger partial charge < -0.3 is 9.88 Å². The molecule has 3 aliphatic rings. The summed E-state index contributed by atoms with van der Waals surface area (Å²) in [6.45, 7) is 5.05. The summed E-state index contributed by atoms with van der Waals surface area (Å²) < 4.78 is 2.37. The molecule has 1 aromatic heterocycles. The number of likely N-dealkylation sites (tertiary alicyclic amines) is 1. The Balaban J connectivity index is 1.44. The van der Waals surface area contributed by atoms with E-state index in [0.717, 1.165) is 57.6 Å². The quantitative estimate of drug-likeness (QED) is 0.914. The molecule has 2 aliphatic heterocycles. The van der Waals surface area contributed by atoms with Gasteiger partial charge in [-0.3, -0.25) is 9.69 Å². The minimum Gasteiger partial charge on any atom is -0.352 e. The molecular weight excluding hydrogens is 302 g/mol. The van der Waals surface area contributed by atoms with Gasteiger partial charge in [-0.2, -0.15) is 0 Å². The van der Waals surface area contributed by atoms with Crippen LogP contribution in [-0.2, 0) is 17.8 Å². The number of piperidine rings is 1. The molecular formula is C18H29N5O. The molecule has 3 heterocycles. The molecule has 4 rings (SSSR count). The smallest absolute Gasteiger partial charge is 0.237 e. The van der Waals surface area contributed by atoms with Gasteiger partial charge in [-0.05, 0) is 52.0 Å². The molecule has 2 fully saturated rings. The summed E-state index contributed by atoms with van der Waals surface area (Å²) in [6, 6.07) is 0.396. The topological polar surface area (TPSA) is 63.1 Å². The van der Waals surface area contributed by atoms with Crippen molar-refractivity contribution in [3.05, 3.63) is 11.6 Å². The number of fused-ring (bicyclic) bond motifs is 1. The van der Waals surface area contributed by atoms with Crippen LogP contribution in [0.4, 0.5) is 0 Å². The molecule has 1 aliphatic carbocycles. The molecule has 6 heteroatoms. The molecule has 0 radical (unpaired) electrons. The number of nitrogens with zero attached hydrogens (tertiary/aromatic N) is 4. The Hall–Kier alpha value is -1.43. The van der Waals surface area contributed by atoms with Crippen LogP contribution in [0.25, 0.3) is 0 Å². The number of amides is 1. The van der Waals surface area contributed by atoms with E-state index >= 15 is 0 Å². The van der Waals surface area contributed by atoms with Crippen LogP contribution in [0.1, 0.15) is 69.4 Å². The summed E-state index contributed by atoms with van der Waals surface area (Å²) in [7, 11) is 0. The van der Waals surface area contributed by atoms with E-state index in [9.17, 15) is 4.79 Å². The Morgan fingerprint density at radius 1 is 1.12 bits per heavy atom. The number of carbonyl (C=O) groups excluding carboxylic acids is 1. The molecule has 24 heavy (non-hydrogen) atoms. The second-order valence-electron chi connectivity index (χ2n) is 7.73. The lowest BCUT2D eigenvalue weighted by Crippen LogP contribution is -2.49. The molecule has 0 bridgehead atoms. The Morgan fingerprint density at radius 3 is 2.83 bits per heavy atom. The van der Waals surface area contributed by atoms with Gasteiger partial charge >= 0.3 is 0 Å². The third-order valence-corrected chi connectivity index (χ3v) is 5.81. The Labute approximate surface area is 144 Å². The minimum atomic E-state index is -0.0417. The summed E-state index contributed by atoms with van der Waals surface area (Å²) in [5, 5.41) is 12.2. The van der Waals surface area contributed by atoms with Crippen molar-refractivity contribution in [3.8, 4) is 0 Å². The number of carbonyl (C=O) groups is 1. The predicted molar refractivity (Wildman–Crippen MR) is 91.8 cm³/mol. The summed E-state index contributed by atoms with van der Waals surface area (Å²) in [4.78, 5) is 14.7. The van der Waals surface area contributed by atoms with Crippen LogP contribution in [0.15, 0.2) is 0 Å². The SMILES string of the molecule is C[C@H](C(=O)NC1CC1)N1CCC[C@@H](c2nnc3n2CCCCC3)C1. The van der Waals surface area contributed by atoms with Crippen molar-refractivity contribution in [3.63, 3.8) is 0 Å². The van der Waals surface area contributed by atoms with Crippen molar-refractivity contribution in [2.24, 2.45) is 0 Å². The maximum Gasteiger partial charge on any atom is 0.237 e. The van der Waals surface area contributed by atoms with Crippen LogP contribution in [0.3, 0.4) is 0 Å². The Kier molecular flexibility index (Phi) is 4.57. The van der Waals surface area contributed by atoms with Crippen molar-refractivity contribution in [1.29, 1.82) is 0 Å². The van der Waals surface area contributed by atoms with Crippen molar-refractivity contribution >= 4 is 5.91 Å². The Bertz CT molecular complexity index is 594. The number of aromatic nitrogens is 3. The fraction of sp³-hybridized carbons (Fsp3) is 0.833. The van der Waals surface area contributed by atoms with Crippen LogP contribution in [0.5, 0.6) is 0 Å². The lowest BCUT2D eigenvalue weighted by molar-refractivity contribution is -0.126. The molecule has 1 saturated carbocycles. The zero-order valence-electron chi connectivity index (χ0n) is 14.7. The first-order valence-electron chi connectivity index (χ1n) is 9.69. The lowest BCUT2D eigenvalue weighted by atomic mass is 9.95. The highest BCUT2D eigenvalue weighted by molar-refractivity contribution is 5.81. The van der Waals surface area contributed by atoms with Crippen molar-refractivity contribution in [2.45, 2.75) is 82.8 Å². The molecule has 0 unspecified atom stereocenters. The van der Waals surface area contributed by atoms with Gasteiger partial charge in [0.05, 0.1) is 6.04 Å². The number of aryl methyl sites for hydroxylation is 1. The van der Waals surface area contributed by atoms with Crippen LogP contribution in [0, 0.1) is 0 Å². The summed E-state index contributed by atoms with van der Waals surface area (Å²) >= 11 is 0. The summed E-state index contributed by atoms with van der Waals surface area (Å²) in [5.74, 6) is 2.93. The average Bonchev–Trinajstić information content (AvgIpc) is 3.37. The van der Waals surface area contributed by atoms with E-state index in [-0.39, 0.29) is 11.9 Å². The zero-order chi connectivity index (χ0) is 16.5. The van der Waals surface area contributed by atoms with Gasteiger partial charge in [-0.15, -0.1) is 10.2 Å². The van der Waals surface area contributed by atoms with Crippen molar-refractivity contribution in [1.82, 2.24) is 25.0 Å². The van der Waals surface area contributed by atoms with E-state index in [4.69, 9.17) is 0 Å². The zero-order valence-corrected chi connectivity index (χ0v) is 14.7. The highest BCUT2D eigenvalue weighted by Crippen LogP contribution is 2.29. The van der Waals surface area contributed by atoms with E-state index < -0.39 is 0 Å². The normalized spacial score (nSPS) is 26.5. The lowest BCUT2D eigenvalue weighted by Gasteiger charge is -2.35. The molecule has 1 amide bonds. The van der Waals surface area contributed by atoms with Gasteiger partial charge in [0, 0.05) is 31.5 Å². The van der Waals surface area contributed by atoms with Gasteiger partial charge in [-0.25, -0.2) is 0 Å². The second kappa shape index (κ2) is 6.82. The molecule has 6 nitrogen and oxygen atoms in total. The van der Waals surface area contributed by atoms with E-state index in [1.54, 1.807) is 0 Å². The van der Waals surface area contributed by atoms with Crippen LogP contribution >= 0.6 is 0 Å². The highest BCUT2D eigenvalue weighted by Gasteiger charge is 2.33. The molecule has 2 atom stereocenters. The van der Waals surface area contributed by atoms with Crippen LogP contribution in [-0.4, -0.2) is 50.7 Å². The van der Waals surface area contributed by atoms with Crippen LogP contribution in [0.2, 0.25) is 0 Å². The van der Waals surface area contributed by atoms with Crippen LogP contribution < -0.4 is 5.32 Å². The molecule has 1 N–H and O–H groups in total. The fourth-order valence-electron chi connectivity index (χ4n) is 4.09. The highest BCUT2D eigenvalue weighted by atomic mass is 16.2. The molecule has 1 aromatic rings. The molecule has 132 valence electrons. The van der Waals surface area contributed by atoms with Gasteiger partial charge in [0.1, 0.15) is 11.6 Å². The second-order valence-corrected chi connectivity index (χ2v) is 7.73. The standard InChI is InChI=1S/C18H29N5O/c1-13(18(24)19-15-8-9-15)22-10-5-6-14(12-22)17-21-20-16-7-3-2-4-11-23(16)17/h13-15H,2-12H2,1H3,(H,19,24)/t13-,14-/m1/s1. The summed E-state index contributed by atoms with van der Waals surface area (Å²) in [5.41, 5.74) is 0. The molecule has 0 aromatic carbocycles. The van der Waals surface area contributed by atoms with E-state index in [1.807, 2.05) is 6.92 Å². The van der Waals surface area contributed by atoms with E-state index in [1.165, 1.54) is 25.1 Å². The monoisotopic (exact) mass is 331 g/mol. The molecule has 0 spiro atoms. The number of nitrogens with one attached hydrogen (secondary N) is 1. The van der Waals surface area contributed by atoms with Crippen molar-refractivity contribution < 1.29 is 4.79 Å². The maximum atomic E-state index is 12.4. The average molecular weight is 331 g/mol. The first-order valence-corrected chi connectivity index (χ1v) is 9.69. The minimum absolute atomic E-state index is 0.0417.